The average molecular weight is 295 g/mol. The highest BCUT2D eigenvalue weighted by Gasteiger charge is 2.16. The first-order chi connectivity index (χ1) is 10.2. The van der Waals surface area contributed by atoms with Gasteiger partial charge in [0.15, 0.2) is 0 Å². The summed E-state index contributed by atoms with van der Waals surface area (Å²) in [5.74, 6) is 0.866. The van der Waals surface area contributed by atoms with Crippen LogP contribution in [0.15, 0.2) is 24.3 Å². The van der Waals surface area contributed by atoms with Gasteiger partial charge in [-0.25, -0.2) is 0 Å². The molecule has 0 aliphatic heterocycles. The number of hydrogen-bond acceptors (Lipinski definition) is 4. The largest absolute Gasteiger partial charge is 0.496 e. The summed E-state index contributed by atoms with van der Waals surface area (Å²) >= 11 is 0. The number of hydrogen-bond donors (Lipinski definition) is 1. The number of nitrogens with one attached hydrogen (secondary N) is 1. The zero-order valence-electron chi connectivity index (χ0n) is 13.7. The van der Waals surface area contributed by atoms with E-state index in [9.17, 15) is 0 Å². The van der Waals surface area contributed by atoms with E-state index in [1.165, 1.54) is 0 Å². The molecule has 4 nitrogen and oxygen atoms in total. The molecule has 21 heavy (non-hydrogen) atoms. The van der Waals surface area contributed by atoms with Crippen LogP contribution in [0.25, 0.3) is 0 Å². The Labute approximate surface area is 128 Å². The molecule has 0 aliphatic carbocycles. The number of rotatable bonds is 11. The monoisotopic (exact) mass is 295 g/mol. The van der Waals surface area contributed by atoms with Gasteiger partial charge >= 0.3 is 0 Å². The second-order valence-corrected chi connectivity index (χ2v) is 5.23. The highest BCUT2D eigenvalue weighted by atomic mass is 16.5. The Morgan fingerprint density at radius 3 is 2.48 bits per heavy atom. The molecule has 0 bridgehead atoms. The summed E-state index contributed by atoms with van der Waals surface area (Å²) in [6.07, 6.45) is 1.31. The molecule has 1 N–H and O–H groups in total. The van der Waals surface area contributed by atoms with E-state index in [2.05, 4.69) is 18.3 Å². The van der Waals surface area contributed by atoms with Crippen LogP contribution in [-0.4, -0.2) is 39.5 Å². The smallest absolute Gasteiger partial charge is 0.124 e. The van der Waals surface area contributed by atoms with Gasteiger partial charge < -0.3 is 19.5 Å². The fourth-order valence-corrected chi connectivity index (χ4v) is 2.08. The van der Waals surface area contributed by atoms with Crippen molar-refractivity contribution in [1.82, 2.24) is 5.32 Å². The fraction of sp³-hybridized carbons (Fsp3) is 0.647. The summed E-state index contributed by atoms with van der Waals surface area (Å²) in [7, 11) is 1.69. The molecule has 1 atom stereocenters. The Balaban J connectivity index is 2.62. The van der Waals surface area contributed by atoms with Crippen LogP contribution in [0.2, 0.25) is 0 Å². The molecular weight excluding hydrogens is 266 g/mol. The van der Waals surface area contributed by atoms with Crippen molar-refractivity contribution in [2.45, 2.75) is 39.4 Å². The van der Waals surface area contributed by atoms with Crippen LogP contribution in [-0.2, 0) is 9.47 Å². The van der Waals surface area contributed by atoms with E-state index in [4.69, 9.17) is 14.2 Å². The molecule has 0 radical (unpaired) electrons. The molecule has 0 fully saturated rings. The van der Waals surface area contributed by atoms with E-state index in [1.807, 2.05) is 32.0 Å². The number of para-hydroxylation sites is 1. The van der Waals surface area contributed by atoms with Gasteiger partial charge in [0, 0.05) is 12.1 Å². The summed E-state index contributed by atoms with van der Waals surface area (Å²) in [6, 6.07) is 8.01. The normalized spacial score (nSPS) is 12.6. The van der Waals surface area contributed by atoms with E-state index >= 15 is 0 Å². The molecule has 0 aliphatic rings. The maximum absolute atomic E-state index is 6.00. The van der Waals surface area contributed by atoms with Crippen LogP contribution >= 0.6 is 0 Å². The highest BCUT2D eigenvalue weighted by molar-refractivity contribution is 5.35. The Morgan fingerprint density at radius 2 is 1.81 bits per heavy atom. The molecule has 120 valence electrons. The summed E-state index contributed by atoms with van der Waals surface area (Å²) in [5.41, 5.74) is 1.08. The van der Waals surface area contributed by atoms with Crippen molar-refractivity contribution in [2.24, 2.45) is 0 Å². The van der Waals surface area contributed by atoms with E-state index in [0.29, 0.717) is 13.2 Å². The lowest BCUT2D eigenvalue weighted by Gasteiger charge is -2.21. The summed E-state index contributed by atoms with van der Waals surface area (Å²) in [6.45, 7) is 9.16. The van der Waals surface area contributed by atoms with Crippen molar-refractivity contribution in [3.63, 3.8) is 0 Å². The standard InChI is InChI=1S/C17H29NO3/c1-5-10-18-13-17(21-12-11-20-14(2)3)15-8-6-7-9-16(15)19-4/h6-9,14,17-18H,5,10-13H2,1-4H3. The predicted molar refractivity (Wildman–Crippen MR) is 85.9 cm³/mol. The van der Waals surface area contributed by atoms with Crippen molar-refractivity contribution in [1.29, 1.82) is 0 Å². The van der Waals surface area contributed by atoms with E-state index in [1.54, 1.807) is 7.11 Å². The van der Waals surface area contributed by atoms with Gasteiger partial charge in [-0.05, 0) is 32.9 Å². The molecule has 1 aromatic carbocycles. The molecule has 0 spiro atoms. The Morgan fingerprint density at radius 1 is 1.10 bits per heavy atom. The fourth-order valence-electron chi connectivity index (χ4n) is 2.08. The summed E-state index contributed by atoms with van der Waals surface area (Å²) in [5, 5.41) is 3.41. The predicted octanol–water partition coefficient (Wildman–Crippen LogP) is 3.18. The summed E-state index contributed by atoms with van der Waals surface area (Å²) < 4.78 is 17.0. The first kappa shape index (κ1) is 18.0. The molecule has 4 heteroatoms. The van der Waals surface area contributed by atoms with Crippen LogP contribution in [0.4, 0.5) is 0 Å². The van der Waals surface area contributed by atoms with Crippen LogP contribution in [0.5, 0.6) is 5.75 Å². The minimum absolute atomic E-state index is 0.0246. The second-order valence-electron chi connectivity index (χ2n) is 5.23. The van der Waals surface area contributed by atoms with Crippen LogP contribution in [0.1, 0.15) is 38.9 Å². The maximum Gasteiger partial charge on any atom is 0.124 e. The summed E-state index contributed by atoms with van der Waals surface area (Å²) in [4.78, 5) is 0. The SMILES string of the molecule is CCCNCC(OCCOC(C)C)c1ccccc1OC. The first-order valence-corrected chi connectivity index (χ1v) is 7.75. The third-order valence-electron chi connectivity index (χ3n) is 3.10. The minimum Gasteiger partial charge on any atom is -0.496 e. The molecule has 0 heterocycles. The van der Waals surface area contributed by atoms with E-state index in [0.717, 1.165) is 30.8 Å². The number of ether oxygens (including phenoxy) is 3. The minimum atomic E-state index is -0.0246. The number of methoxy groups -OCH3 is 1. The van der Waals surface area contributed by atoms with Crippen molar-refractivity contribution < 1.29 is 14.2 Å². The van der Waals surface area contributed by atoms with Crippen LogP contribution < -0.4 is 10.1 Å². The average Bonchev–Trinajstić information content (AvgIpc) is 2.49. The Hall–Kier alpha value is -1.10. The van der Waals surface area contributed by atoms with Gasteiger partial charge in [-0.15, -0.1) is 0 Å². The maximum atomic E-state index is 6.00. The first-order valence-electron chi connectivity index (χ1n) is 7.75. The van der Waals surface area contributed by atoms with Gasteiger partial charge in [-0.3, -0.25) is 0 Å². The van der Waals surface area contributed by atoms with Gasteiger partial charge in [0.05, 0.1) is 32.5 Å². The second kappa shape index (κ2) is 10.6. The third-order valence-corrected chi connectivity index (χ3v) is 3.10. The molecule has 1 rings (SSSR count). The lowest BCUT2D eigenvalue weighted by molar-refractivity contribution is -0.0136. The molecule has 0 aromatic heterocycles. The lowest BCUT2D eigenvalue weighted by atomic mass is 10.1. The van der Waals surface area contributed by atoms with Gasteiger partial charge in [-0.1, -0.05) is 25.1 Å². The Kier molecular flexibility index (Phi) is 9.06. The molecular formula is C17H29NO3. The molecule has 0 amide bonds. The zero-order valence-corrected chi connectivity index (χ0v) is 13.7. The Bertz CT molecular complexity index is 382. The quantitative estimate of drug-likeness (QED) is 0.637. The lowest BCUT2D eigenvalue weighted by Crippen LogP contribution is -2.25. The van der Waals surface area contributed by atoms with Crippen molar-refractivity contribution >= 4 is 0 Å². The molecule has 1 aromatic rings. The molecule has 0 saturated carbocycles. The van der Waals surface area contributed by atoms with Gasteiger partial charge in [0.2, 0.25) is 0 Å². The van der Waals surface area contributed by atoms with Gasteiger partial charge in [-0.2, -0.15) is 0 Å². The van der Waals surface area contributed by atoms with Gasteiger partial charge in [0.25, 0.3) is 0 Å². The van der Waals surface area contributed by atoms with Crippen LogP contribution in [0, 0.1) is 0 Å². The van der Waals surface area contributed by atoms with Crippen molar-refractivity contribution in [3.8, 4) is 5.75 Å². The van der Waals surface area contributed by atoms with E-state index in [-0.39, 0.29) is 12.2 Å². The number of benzene rings is 1. The molecule has 1 unspecified atom stereocenters. The van der Waals surface area contributed by atoms with E-state index < -0.39 is 0 Å². The highest BCUT2D eigenvalue weighted by Crippen LogP contribution is 2.26. The third kappa shape index (κ3) is 6.93. The topological polar surface area (TPSA) is 39.7 Å². The zero-order chi connectivity index (χ0) is 15.5. The van der Waals surface area contributed by atoms with Crippen LogP contribution in [0.3, 0.4) is 0 Å². The molecule has 0 saturated heterocycles. The van der Waals surface area contributed by atoms with Gasteiger partial charge in [0.1, 0.15) is 5.75 Å². The van der Waals surface area contributed by atoms with Crippen molar-refractivity contribution in [2.75, 3.05) is 33.4 Å². The van der Waals surface area contributed by atoms with Crippen molar-refractivity contribution in [3.05, 3.63) is 29.8 Å².